The van der Waals surface area contributed by atoms with E-state index in [0.717, 1.165) is 25.5 Å². The maximum absolute atomic E-state index is 9.50. The highest BCUT2D eigenvalue weighted by atomic mass is 16.3. The molecule has 76 valence electrons. The molecule has 0 unspecified atom stereocenters. The molecule has 0 bridgehead atoms. The zero-order chi connectivity index (χ0) is 9.90. The molecule has 0 spiro atoms. The first-order valence-corrected chi connectivity index (χ1v) is 4.71. The van der Waals surface area contributed by atoms with E-state index in [1.165, 1.54) is 0 Å². The molecule has 13 heavy (non-hydrogen) atoms. The molecule has 0 radical (unpaired) electrons. The Morgan fingerprint density at radius 2 is 2.31 bits per heavy atom. The minimum absolute atomic E-state index is 0.538. The highest BCUT2D eigenvalue weighted by Crippen LogP contribution is 2.01. The second-order valence-corrected chi connectivity index (χ2v) is 4.15. The van der Waals surface area contributed by atoms with Gasteiger partial charge in [-0.1, -0.05) is 0 Å². The number of aliphatic hydroxyl groups is 1. The molecule has 1 aliphatic rings. The van der Waals surface area contributed by atoms with Gasteiger partial charge in [0.25, 0.3) is 0 Å². The van der Waals surface area contributed by atoms with Crippen molar-refractivity contribution in [2.75, 3.05) is 26.7 Å². The third-order valence-electron chi connectivity index (χ3n) is 1.95. The van der Waals surface area contributed by atoms with Crippen LogP contribution in [0.25, 0.3) is 0 Å². The number of hydrogen-bond donors (Lipinski definition) is 2. The summed E-state index contributed by atoms with van der Waals surface area (Å²) in [6, 6.07) is 0. The maximum Gasteiger partial charge on any atom is 0.193 e. The molecule has 0 aromatic rings. The molecule has 0 aromatic heterocycles. The predicted octanol–water partition coefficient (Wildman–Crippen LogP) is 0.0384. The quantitative estimate of drug-likeness (QED) is 0.638. The van der Waals surface area contributed by atoms with Gasteiger partial charge in [-0.2, -0.15) is 0 Å². The van der Waals surface area contributed by atoms with Gasteiger partial charge in [0, 0.05) is 26.7 Å². The summed E-state index contributed by atoms with van der Waals surface area (Å²) in [5.74, 6) is 0.897. The van der Waals surface area contributed by atoms with Crippen molar-refractivity contribution >= 4 is 5.96 Å². The molecule has 1 heterocycles. The molecule has 2 N–H and O–H groups in total. The second kappa shape index (κ2) is 3.96. The molecule has 0 atom stereocenters. The standard InChI is InChI=1S/C9H19N3O/c1-9(2,13)7-11-8-10-5-4-6-12(8)3/h13H,4-7H2,1-3H3,(H,10,11). The Hall–Kier alpha value is -0.770. The average Bonchev–Trinajstić information content (AvgIpc) is 2.01. The number of guanidine groups is 1. The van der Waals surface area contributed by atoms with Gasteiger partial charge >= 0.3 is 0 Å². The summed E-state index contributed by atoms with van der Waals surface area (Å²) in [4.78, 5) is 6.41. The van der Waals surface area contributed by atoms with Crippen molar-refractivity contribution in [1.29, 1.82) is 0 Å². The summed E-state index contributed by atoms with van der Waals surface area (Å²) in [6.07, 6.45) is 1.12. The van der Waals surface area contributed by atoms with Crippen molar-refractivity contribution in [1.82, 2.24) is 10.2 Å². The Bertz CT molecular complexity index is 196. The fourth-order valence-electron chi connectivity index (χ4n) is 1.21. The number of nitrogens with one attached hydrogen (secondary N) is 1. The zero-order valence-corrected chi connectivity index (χ0v) is 8.67. The Morgan fingerprint density at radius 1 is 1.62 bits per heavy atom. The average molecular weight is 185 g/mol. The molecule has 1 rings (SSSR count). The van der Waals surface area contributed by atoms with Gasteiger partial charge in [0.1, 0.15) is 0 Å². The Balaban J connectivity index is 2.39. The smallest absolute Gasteiger partial charge is 0.193 e. The Labute approximate surface area is 79.7 Å². The second-order valence-electron chi connectivity index (χ2n) is 4.15. The van der Waals surface area contributed by atoms with Crippen LogP contribution in [0.1, 0.15) is 20.3 Å². The van der Waals surface area contributed by atoms with Crippen LogP contribution in [0.3, 0.4) is 0 Å². The lowest BCUT2D eigenvalue weighted by molar-refractivity contribution is 0.0839. The maximum atomic E-state index is 9.50. The van der Waals surface area contributed by atoms with Gasteiger partial charge in [-0.25, -0.2) is 0 Å². The zero-order valence-electron chi connectivity index (χ0n) is 8.67. The minimum Gasteiger partial charge on any atom is -0.389 e. The van der Waals surface area contributed by atoms with E-state index in [1.807, 2.05) is 7.05 Å². The van der Waals surface area contributed by atoms with E-state index in [-0.39, 0.29) is 0 Å². The van der Waals surface area contributed by atoms with E-state index in [2.05, 4.69) is 15.2 Å². The fraction of sp³-hybridized carbons (Fsp3) is 0.889. The van der Waals surface area contributed by atoms with Crippen molar-refractivity contribution in [3.8, 4) is 0 Å². The monoisotopic (exact) mass is 185 g/mol. The van der Waals surface area contributed by atoms with E-state index in [9.17, 15) is 5.11 Å². The van der Waals surface area contributed by atoms with Gasteiger partial charge in [-0.3, -0.25) is 4.99 Å². The lowest BCUT2D eigenvalue weighted by Gasteiger charge is -2.28. The SMILES string of the molecule is CN1CCCN=C1NCC(C)(C)O. The molecule has 0 aliphatic carbocycles. The largest absolute Gasteiger partial charge is 0.389 e. The molecule has 1 aliphatic heterocycles. The molecule has 0 saturated heterocycles. The Morgan fingerprint density at radius 3 is 2.85 bits per heavy atom. The number of nitrogens with zero attached hydrogens (tertiary/aromatic N) is 2. The van der Waals surface area contributed by atoms with Gasteiger partial charge < -0.3 is 15.3 Å². The van der Waals surface area contributed by atoms with Crippen LogP contribution in [-0.4, -0.2) is 48.2 Å². The third kappa shape index (κ3) is 3.63. The summed E-state index contributed by atoms with van der Waals surface area (Å²) in [6.45, 7) is 6.03. The molecule has 0 amide bonds. The molecule has 0 fully saturated rings. The summed E-state index contributed by atoms with van der Waals surface area (Å²) in [5.41, 5.74) is -0.680. The van der Waals surface area contributed by atoms with Crippen LogP contribution in [0.5, 0.6) is 0 Å². The molecule has 4 nitrogen and oxygen atoms in total. The van der Waals surface area contributed by atoms with Crippen LogP contribution < -0.4 is 5.32 Å². The van der Waals surface area contributed by atoms with Gasteiger partial charge in [0.15, 0.2) is 5.96 Å². The number of aliphatic imine (C=N–C) groups is 1. The third-order valence-corrected chi connectivity index (χ3v) is 1.95. The van der Waals surface area contributed by atoms with Crippen molar-refractivity contribution in [3.05, 3.63) is 0 Å². The highest BCUT2D eigenvalue weighted by molar-refractivity contribution is 5.80. The van der Waals surface area contributed by atoms with E-state index in [1.54, 1.807) is 13.8 Å². The minimum atomic E-state index is -0.680. The summed E-state index contributed by atoms with van der Waals surface area (Å²) < 4.78 is 0. The Kier molecular flexibility index (Phi) is 3.14. The van der Waals surface area contributed by atoms with Crippen LogP contribution in [-0.2, 0) is 0 Å². The number of rotatable bonds is 2. The molecular weight excluding hydrogens is 166 g/mol. The van der Waals surface area contributed by atoms with E-state index < -0.39 is 5.60 Å². The van der Waals surface area contributed by atoms with Crippen molar-refractivity contribution in [2.45, 2.75) is 25.9 Å². The van der Waals surface area contributed by atoms with Crippen LogP contribution in [0, 0.1) is 0 Å². The summed E-state index contributed by atoms with van der Waals surface area (Å²) in [5, 5.41) is 12.6. The lowest BCUT2D eigenvalue weighted by atomic mass is 10.1. The van der Waals surface area contributed by atoms with Crippen molar-refractivity contribution in [3.63, 3.8) is 0 Å². The predicted molar refractivity (Wildman–Crippen MR) is 53.8 cm³/mol. The fourth-order valence-corrected chi connectivity index (χ4v) is 1.21. The van der Waals surface area contributed by atoms with Crippen LogP contribution in [0.15, 0.2) is 4.99 Å². The number of hydrogen-bond acceptors (Lipinski definition) is 4. The molecular formula is C9H19N3O. The van der Waals surface area contributed by atoms with Gasteiger partial charge in [-0.15, -0.1) is 0 Å². The van der Waals surface area contributed by atoms with Crippen molar-refractivity contribution < 1.29 is 5.11 Å². The normalized spacial score (nSPS) is 18.5. The van der Waals surface area contributed by atoms with Crippen LogP contribution >= 0.6 is 0 Å². The van der Waals surface area contributed by atoms with E-state index in [4.69, 9.17) is 0 Å². The highest BCUT2D eigenvalue weighted by Gasteiger charge is 2.16. The summed E-state index contributed by atoms with van der Waals surface area (Å²) in [7, 11) is 2.01. The summed E-state index contributed by atoms with van der Waals surface area (Å²) >= 11 is 0. The van der Waals surface area contributed by atoms with E-state index >= 15 is 0 Å². The first kappa shape index (κ1) is 10.3. The first-order valence-electron chi connectivity index (χ1n) is 4.71. The molecule has 0 saturated carbocycles. The molecule has 0 aromatic carbocycles. The van der Waals surface area contributed by atoms with Gasteiger partial charge in [-0.05, 0) is 20.3 Å². The molecule has 4 heteroatoms. The van der Waals surface area contributed by atoms with Crippen LogP contribution in [0.4, 0.5) is 0 Å². The van der Waals surface area contributed by atoms with E-state index in [0.29, 0.717) is 6.54 Å². The van der Waals surface area contributed by atoms with Gasteiger partial charge in [0.05, 0.1) is 5.60 Å². The topological polar surface area (TPSA) is 47.9 Å². The van der Waals surface area contributed by atoms with Crippen LogP contribution in [0.2, 0.25) is 0 Å². The van der Waals surface area contributed by atoms with Gasteiger partial charge in [0.2, 0.25) is 0 Å². The lowest BCUT2D eigenvalue weighted by Crippen LogP contribution is -2.47. The van der Waals surface area contributed by atoms with Crippen molar-refractivity contribution in [2.24, 2.45) is 4.99 Å². The first-order chi connectivity index (χ1) is 5.99.